The van der Waals surface area contributed by atoms with Crippen LogP contribution in [0, 0.1) is 10.1 Å². The summed E-state index contributed by atoms with van der Waals surface area (Å²) in [6.45, 7) is 0. The molecule has 0 aromatic heterocycles. The lowest BCUT2D eigenvalue weighted by Crippen LogP contribution is -3.00. The Morgan fingerprint density at radius 3 is 1.75 bits per heavy atom. The van der Waals surface area contributed by atoms with Gasteiger partial charge in [-0.05, 0) is 0 Å². The van der Waals surface area contributed by atoms with Crippen LogP contribution in [-0.2, 0) is 0 Å². The smallest absolute Gasteiger partial charge is 0.444 e. The second kappa shape index (κ2) is 11.1. The van der Waals surface area contributed by atoms with Gasteiger partial charge in [-0.3, -0.25) is 0 Å². The lowest BCUT2D eigenvalue weighted by Gasteiger charge is -1.51. The topological polar surface area (TPSA) is 52.5 Å². The van der Waals surface area contributed by atoms with Crippen molar-refractivity contribution in [2.45, 2.75) is 0 Å². The van der Waals surface area contributed by atoms with E-state index in [-0.39, 0.29) is 24.0 Å². The highest BCUT2D eigenvalue weighted by Gasteiger charge is 0.958. The summed E-state index contributed by atoms with van der Waals surface area (Å²) in [7, 11) is 0. The van der Waals surface area contributed by atoms with Crippen molar-refractivity contribution in [2.24, 2.45) is 5.34 Å². The monoisotopic (exact) mass is 174 g/mol. The Labute approximate surface area is 40.0 Å². The van der Waals surface area contributed by atoms with Gasteiger partial charge in [0.1, 0.15) is 0 Å². The van der Waals surface area contributed by atoms with Gasteiger partial charge in [-0.25, -0.2) is 0 Å². The first-order chi connectivity index (χ1) is 1.41. The molecule has 0 saturated heterocycles. The van der Waals surface area contributed by atoms with Crippen molar-refractivity contribution in [1.82, 2.24) is 0 Å². The summed E-state index contributed by atoms with van der Waals surface area (Å²) in [6, 6.07) is 0. The van der Waals surface area contributed by atoms with Crippen LogP contribution in [-0.4, -0.2) is 0 Å². The zero-order valence-electron chi connectivity index (χ0n) is 1.67. The molecule has 4 heteroatoms. The third kappa shape index (κ3) is 161. The fraction of sp³-hybridized carbons (Fsp3) is 0. The van der Waals surface area contributed by atoms with Crippen LogP contribution in [0.5, 0.6) is 0 Å². The van der Waals surface area contributed by atoms with Gasteiger partial charge in [-0.1, -0.05) is 0 Å². The molecule has 0 heterocycles. The average molecular weight is 174 g/mol. The molecule has 0 aromatic carbocycles. The molecule has 0 aliphatic heterocycles. The molecule has 0 aromatic rings. The Hall–Kier alpha value is 0.130. The molecule has 3 nitrogen and oxygen atoms in total. The highest BCUT2D eigenvalue weighted by atomic mass is 127. The maximum absolute atomic E-state index is 8.00. The largest absolute Gasteiger partial charge is 0.553 e. The van der Waals surface area contributed by atoms with E-state index in [1.54, 1.807) is 0 Å². The number of hydrogen-bond acceptors (Lipinski definition) is 3. The molecule has 0 unspecified atom stereocenters. The molecule has 0 amide bonds. The first-order valence-electron chi connectivity index (χ1n) is 0.365. The van der Waals surface area contributed by atoms with E-state index in [2.05, 4.69) is 0 Å². The number of nitrogens with zero attached hydrogens (tertiary/aromatic N) is 1. The van der Waals surface area contributed by atoms with Crippen LogP contribution in [0.3, 0.4) is 0 Å². The minimum atomic E-state index is 0. The first kappa shape index (κ1) is 8.92. The molecule has 0 aliphatic rings. The predicted octanol–water partition coefficient (Wildman–Crippen LogP) is -3.01. The molecule has 0 fully saturated rings. The van der Waals surface area contributed by atoms with Crippen LogP contribution < -0.4 is 24.0 Å². The minimum Gasteiger partial charge on any atom is -0.444 e. The molecule has 25 valence electrons. The summed E-state index contributed by atoms with van der Waals surface area (Å²) in [5.41, 5.74) is 0. The van der Waals surface area contributed by atoms with E-state index in [0.717, 1.165) is 5.34 Å². The standard InChI is InChI=1S/HI.HNO2/c;2-1-3/h1H;(H,2,3)/q+1;/p-1. The van der Waals surface area contributed by atoms with Crippen LogP contribution in [0.15, 0.2) is 5.34 Å². The van der Waals surface area contributed by atoms with E-state index in [0.29, 0.717) is 0 Å². The lowest BCUT2D eigenvalue weighted by atomic mass is 13.4. The maximum Gasteiger partial charge on any atom is 0.553 e. The van der Waals surface area contributed by atoms with Crippen molar-refractivity contribution in [2.75, 3.05) is 0 Å². The van der Waals surface area contributed by atoms with Gasteiger partial charge in [0.2, 0.25) is 0 Å². The van der Waals surface area contributed by atoms with Crippen LogP contribution in [0.2, 0.25) is 0 Å². The molecule has 0 N–H and O–H groups in total. The van der Waals surface area contributed by atoms with Crippen molar-refractivity contribution < 1.29 is 24.0 Å². The van der Waals surface area contributed by atoms with E-state index in [9.17, 15) is 0 Å². The fourth-order valence-electron chi connectivity index (χ4n) is 0. The summed E-state index contributed by atoms with van der Waals surface area (Å²) < 4.78 is 0. The number of rotatable bonds is 0. The molecule has 0 atom stereocenters. The quantitative estimate of drug-likeness (QED) is 0.223. The third-order valence-electron chi connectivity index (χ3n) is 0. The second-order valence-corrected chi connectivity index (χ2v) is 0.0745. The average Bonchev–Trinajstić information content (AvgIpc) is 0.918. The summed E-state index contributed by atoms with van der Waals surface area (Å²) in [4.78, 5) is 8.00. The third-order valence-corrected chi connectivity index (χ3v) is 0. The van der Waals surface area contributed by atoms with Gasteiger partial charge in [-0.2, -0.15) is 0 Å². The fourth-order valence-corrected chi connectivity index (χ4v) is 0. The Balaban J connectivity index is 0. The highest BCUT2D eigenvalue weighted by Crippen LogP contribution is 1.34. The number of halogens is 1. The molecular formula is HINO2. The summed E-state index contributed by atoms with van der Waals surface area (Å²) >= 11 is 0. The second-order valence-electron chi connectivity index (χ2n) is 0.0745. The Kier molecular flexibility index (Phi) is 24.8. The molecule has 1 radical (unpaired) electrons. The molecule has 4 heavy (non-hydrogen) atoms. The number of hydrogen-bond donors (Lipinski definition) is 0. The molecule has 0 bridgehead atoms. The van der Waals surface area contributed by atoms with E-state index in [4.69, 9.17) is 10.1 Å². The van der Waals surface area contributed by atoms with Gasteiger partial charge in [0, 0.05) is 0 Å². The Morgan fingerprint density at radius 2 is 1.75 bits per heavy atom. The zero-order valence-corrected chi connectivity index (χ0v) is 4.00. The zero-order chi connectivity index (χ0) is 2.71. The molecular weight excluding hydrogens is 173 g/mol. The van der Waals surface area contributed by atoms with Crippen molar-refractivity contribution in [3.63, 3.8) is 0 Å². The van der Waals surface area contributed by atoms with Crippen molar-refractivity contribution >= 4 is 0 Å². The maximum atomic E-state index is 8.00. The van der Waals surface area contributed by atoms with Gasteiger partial charge >= 0.3 is 24.0 Å². The molecule has 0 spiro atoms. The van der Waals surface area contributed by atoms with Gasteiger partial charge in [0.15, 0.2) is 0 Å². The molecule has 0 aliphatic carbocycles. The van der Waals surface area contributed by atoms with Gasteiger partial charge in [0.25, 0.3) is 0 Å². The SMILES string of the molecule is O=N[O-].[IH+]. The van der Waals surface area contributed by atoms with Gasteiger partial charge in [0.05, 0.1) is 0 Å². The van der Waals surface area contributed by atoms with E-state index in [1.807, 2.05) is 0 Å². The minimum absolute atomic E-state index is 0. The molecule has 0 rings (SSSR count). The van der Waals surface area contributed by atoms with E-state index >= 15 is 0 Å². The van der Waals surface area contributed by atoms with E-state index in [1.165, 1.54) is 0 Å². The highest BCUT2D eigenvalue weighted by molar-refractivity contribution is 4.21. The van der Waals surface area contributed by atoms with Crippen molar-refractivity contribution in [3.05, 3.63) is 10.1 Å². The normalized spacial score (nSPS) is 3.00. The lowest BCUT2D eigenvalue weighted by molar-refractivity contribution is -0.000000716. The van der Waals surface area contributed by atoms with Crippen LogP contribution in [0.25, 0.3) is 0 Å². The van der Waals surface area contributed by atoms with Crippen molar-refractivity contribution in [1.29, 1.82) is 0 Å². The summed E-state index contributed by atoms with van der Waals surface area (Å²) in [5, 5.41) is 9.00. The molecule has 0 saturated carbocycles. The Bertz CT molecular complexity index is 13.5. The van der Waals surface area contributed by atoms with Crippen LogP contribution in [0.1, 0.15) is 0 Å². The van der Waals surface area contributed by atoms with E-state index < -0.39 is 0 Å². The Morgan fingerprint density at radius 1 is 1.75 bits per heavy atom. The van der Waals surface area contributed by atoms with Crippen LogP contribution >= 0.6 is 0 Å². The first-order valence-corrected chi connectivity index (χ1v) is 0.365. The van der Waals surface area contributed by atoms with Gasteiger partial charge in [-0.15, -0.1) is 5.34 Å². The van der Waals surface area contributed by atoms with Crippen LogP contribution in [0.4, 0.5) is 0 Å². The van der Waals surface area contributed by atoms with Gasteiger partial charge < -0.3 is 10.1 Å². The van der Waals surface area contributed by atoms with Crippen molar-refractivity contribution in [3.8, 4) is 0 Å². The summed E-state index contributed by atoms with van der Waals surface area (Å²) in [5.74, 6) is 0. The predicted molar refractivity (Wildman–Crippen MR) is 10.6 cm³/mol. The summed E-state index contributed by atoms with van der Waals surface area (Å²) in [6.07, 6.45) is 0.